The molecule has 2 N–H and O–H groups in total. The van der Waals surface area contributed by atoms with Crippen LogP contribution in [0.4, 0.5) is 0 Å². The van der Waals surface area contributed by atoms with E-state index in [1.807, 2.05) is 36.1 Å². The summed E-state index contributed by atoms with van der Waals surface area (Å²) in [5.41, 5.74) is 7.62. The summed E-state index contributed by atoms with van der Waals surface area (Å²) in [4.78, 5) is 20.2. The fraction of sp³-hybridized carbons (Fsp3) is 0.444. The van der Waals surface area contributed by atoms with Crippen molar-refractivity contribution >= 4 is 53.7 Å². The van der Waals surface area contributed by atoms with Crippen molar-refractivity contribution in [3.63, 3.8) is 0 Å². The van der Waals surface area contributed by atoms with Crippen LogP contribution in [0.3, 0.4) is 0 Å². The largest absolute Gasteiger partial charge is 0.334 e. The van der Waals surface area contributed by atoms with Gasteiger partial charge in [0.25, 0.3) is 5.91 Å². The van der Waals surface area contributed by atoms with E-state index in [1.54, 1.807) is 0 Å². The SMILES string of the molecule is Cc1nc(-c2cccc(Cl)c2)sc1C(=O)N1CCC(C)CC1CN.Cl.Cl. The molecule has 1 aliphatic rings. The third kappa shape index (κ3) is 4.90. The number of likely N-dealkylation sites (tertiary alicyclic amines) is 1. The number of nitrogens with two attached hydrogens (primary N) is 1. The van der Waals surface area contributed by atoms with Crippen molar-refractivity contribution in [1.82, 2.24) is 9.88 Å². The van der Waals surface area contributed by atoms with Crippen LogP contribution in [-0.2, 0) is 0 Å². The Morgan fingerprint density at radius 3 is 2.81 bits per heavy atom. The van der Waals surface area contributed by atoms with E-state index < -0.39 is 0 Å². The standard InChI is InChI=1S/C18H22ClN3OS.2ClH/c1-11-6-7-22(15(8-11)10-20)18(23)16-12(2)21-17(24-16)13-4-3-5-14(19)9-13;;/h3-5,9,11,15H,6-8,10,20H2,1-2H3;2*1H. The summed E-state index contributed by atoms with van der Waals surface area (Å²) < 4.78 is 0. The van der Waals surface area contributed by atoms with Gasteiger partial charge in [0, 0.05) is 29.7 Å². The van der Waals surface area contributed by atoms with Crippen molar-refractivity contribution in [3.05, 3.63) is 39.9 Å². The fourth-order valence-corrected chi connectivity index (χ4v) is 4.42. The zero-order chi connectivity index (χ0) is 17.3. The van der Waals surface area contributed by atoms with Crippen LogP contribution in [0.15, 0.2) is 24.3 Å². The molecular formula is C18H24Cl3N3OS. The third-order valence-corrected chi connectivity index (χ3v) is 6.00. The molecule has 0 radical (unpaired) electrons. The van der Waals surface area contributed by atoms with Gasteiger partial charge in [-0.15, -0.1) is 36.2 Å². The molecule has 3 rings (SSSR count). The highest BCUT2D eigenvalue weighted by Gasteiger charge is 2.31. The van der Waals surface area contributed by atoms with E-state index in [0.29, 0.717) is 22.4 Å². The highest BCUT2D eigenvalue weighted by Crippen LogP contribution is 2.32. The Morgan fingerprint density at radius 1 is 1.42 bits per heavy atom. The van der Waals surface area contributed by atoms with Crippen molar-refractivity contribution < 1.29 is 4.79 Å². The van der Waals surface area contributed by atoms with Crippen LogP contribution in [0, 0.1) is 12.8 Å². The molecule has 1 aromatic heterocycles. The number of nitrogens with zero attached hydrogens (tertiary/aromatic N) is 2. The van der Waals surface area contributed by atoms with Crippen LogP contribution in [0.25, 0.3) is 10.6 Å². The van der Waals surface area contributed by atoms with E-state index in [1.165, 1.54) is 11.3 Å². The number of benzene rings is 1. The smallest absolute Gasteiger partial charge is 0.266 e. The highest BCUT2D eigenvalue weighted by molar-refractivity contribution is 7.17. The summed E-state index contributed by atoms with van der Waals surface area (Å²) in [6.45, 7) is 5.39. The van der Waals surface area contributed by atoms with E-state index in [-0.39, 0.29) is 36.8 Å². The molecule has 1 saturated heterocycles. The Balaban J connectivity index is 0.00000169. The van der Waals surface area contributed by atoms with E-state index >= 15 is 0 Å². The number of aryl methyl sites for hydroxylation is 1. The predicted molar refractivity (Wildman–Crippen MR) is 114 cm³/mol. The maximum absolute atomic E-state index is 13.0. The number of halogens is 3. The molecule has 2 unspecified atom stereocenters. The monoisotopic (exact) mass is 435 g/mol. The highest BCUT2D eigenvalue weighted by atomic mass is 35.5. The number of carbonyl (C=O) groups is 1. The average Bonchev–Trinajstić information content (AvgIpc) is 2.96. The van der Waals surface area contributed by atoms with Gasteiger partial charge < -0.3 is 10.6 Å². The molecule has 144 valence electrons. The number of aromatic nitrogens is 1. The molecule has 2 heterocycles. The van der Waals surface area contributed by atoms with Crippen LogP contribution in [-0.4, -0.2) is 34.9 Å². The van der Waals surface area contributed by atoms with Gasteiger partial charge in [-0.25, -0.2) is 4.98 Å². The number of rotatable bonds is 3. The molecule has 0 aliphatic carbocycles. The topological polar surface area (TPSA) is 59.2 Å². The molecule has 1 aliphatic heterocycles. The second-order valence-corrected chi connectivity index (χ2v) is 7.90. The van der Waals surface area contributed by atoms with E-state index in [9.17, 15) is 4.79 Å². The number of thiazole rings is 1. The summed E-state index contributed by atoms with van der Waals surface area (Å²) in [6.07, 6.45) is 2.00. The quantitative estimate of drug-likeness (QED) is 0.750. The first-order valence-corrected chi connectivity index (χ1v) is 9.43. The number of amides is 1. The summed E-state index contributed by atoms with van der Waals surface area (Å²) in [7, 11) is 0. The van der Waals surface area contributed by atoms with Crippen molar-refractivity contribution in [2.75, 3.05) is 13.1 Å². The molecule has 1 aromatic carbocycles. The molecule has 0 saturated carbocycles. The van der Waals surface area contributed by atoms with Gasteiger partial charge >= 0.3 is 0 Å². The normalized spacial score (nSPS) is 19.5. The van der Waals surface area contributed by atoms with E-state index in [0.717, 1.165) is 35.7 Å². The molecule has 1 fully saturated rings. The number of piperidine rings is 1. The van der Waals surface area contributed by atoms with Crippen molar-refractivity contribution in [1.29, 1.82) is 0 Å². The molecule has 0 spiro atoms. The van der Waals surface area contributed by atoms with Gasteiger partial charge in [-0.3, -0.25) is 4.79 Å². The lowest BCUT2D eigenvalue weighted by Gasteiger charge is -2.37. The fourth-order valence-electron chi connectivity index (χ4n) is 3.21. The number of carbonyl (C=O) groups excluding carboxylic acids is 1. The van der Waals surface area contributed by atoms with Gasteiger partial charge in [-0.2, -0.15) is 0 Å². The first-order valence-electron chi connectivity index (χ1n) is 8.24. The van der Waals surface area contributed by atoms with Gasteiger partial charge in [-0.05, 0) is 37.8 Å². The summed E-state index contributed by atoms with van der Waals surface area (Å²) in [6, 6.07) is 7.69. The third-order valence-electron chi connectivity index (χ3n) is 4.57. The van der Waals surface area contributed by atoms with Crippen molar-refractivity contribution in [2.24, 2.45) is 11.7 Å². The van der Waals surface area contributed by atoms with Gasteiger partial charge in [0.1, 0.15) is 9.88 Å². The Hall–Kier alpha value is -0.850. The zero-order valence-electron chi connectivity index (χ0n) is 14.8. The molecule has 1 amide bonds. The summed E-state index contributed by atoms with van der Waals surface area (Å²) in [5.74, 6) is 0.674. The van der Waals surface area contributed by atoms with Crippen LogP contribution >= 0.6 is 47.8 Å². The van der Waals surface area contributed by atoms with E-state index in [4.69, 9.17) is 17.3 Å². The first-order chi connectivity index (χ1) is 11.5. The van der Waals surface area contributed by atoms with Crippen LogP contribution in [0.2, 0.25) is 5.02 Å². The lowest BCUT2D eigenvalue weighted by molar-refractivity contribution is 0.0577. The zero-order valence-corrected chi connectivity index (χ0v) is 18.0. The minimum Gasteiger partial charge on any atom is -0.334 e. The molecule has 26 heavy (non-hydrogen) atoms. The second kappa shape index (κ2) is 9.90. The maximum atomic E-state index is 13.0. The Bertz CT molecular complexity index is 753. The Kier molecular flexibility index (Phi) is 8.83. The Labute approximate surface area is 175 Å². The molecular weight excluding hydrogens is 413 g/mol. The van der Waals surface area contributed by atoms with Gasteiger partial charge in [0.05, 0.1) is 5.69 Å². The minimum absolute atomic E-state index is 0. The first kappa shape index (κ1) is 23.2. The average molecular weight is 437 g/mol. The molecule has 8 heteroatoms. The summed E-state index contributed by atoms with van der Waals surface area (Å²) in [5, 5.41) is 1.49. The second-order valence-electron chi connectivity index (χ2n) is 6.46. The lowest BCUT2D eigenvalue weighted by Crippen LogP contribution is -2.49. The lowest BCUT2D eigenvalue weighted by atomic mass is 9.92. The molecule has 0 bridgehead atoms. The molecule has 2 atom stereocenters. The Morgan fingerprint density at radius 2 is 2.15 bits per heavy atom. The number of hydrogen-bond acceptors (Lipinski definition) is 4. The van der Waals surface area contributed by atoms with Gasteiger partial charge in [-0.1, -0.05) is 30.7 Å². The van der Waals surface area contributed by atoms with Crippen LogP contribution in [0.5, 0.6) is 0 Å². The van der Waals surface area contributed by atoms with Crippen molar-refractivity contribution in [2.45, 2.75) is 32.7 Å². The van der Waals surface area contributed by atoms with Crippen LogP contribution < -0.4 is 5.73 Å². The van der Waals surface area contributed by atoms with E-state index in [2.05, 4.69) is 11.9 Å². The maximum Gasteiger partial charge on any atom is 0.266 e. The molecule has 2 aromatic rings. The van der Waals surface area contributed by atoms with Gasteiger partial charge in [0.2, 0.25) is 0 Å². The van der Waals surface area contributed by atoms with Gasteiger partial charge in [0.15, 0.2) is 0 Å². The minimum atomic E-state index is 0. The number of hydrogen-bond donors (Lipinski definition) is 1. The van der Waals surface area contributed by atoms with Crippen molar-refractivity contribution in [3.8, 4) is 10.6 Å². The predicted octanol–water partition coefficient (Wildman–Crippen LogP) is 4.81. The summed E-state index contributed by atoms with van der Waals surface area (Å²) >= 11 is 7.50. The molecule has 4 nitrogen and oxygen atoms in total. The van der Waals surface area contributed by atoms with Crippen LogP contribution in [0.1, 0.15) is 35.1 Å².